The molecule has 0 unspecified atom stereocenters. The van der Waals surface area contributed by atoms with Crippen molar-refractivity contribution in [3.8, 4) is 0 Å². The molecule has 6 aromatic heterocycles. The van der Waals surface area contributed by atoms with Crippen LogP contribution in [0.15, 0.2) is 128 Å². The Morgan fingerprint density at radius 2 is 0.886 bits per heavy atom. The number of anilines is 3. The van der Waals surface area contributed by atoms with Crippen LogP contribution in [-0.4, -0.2) is 111 Å². The van der Waals surface area contributed by atoms with E-state index in [0.717, 1.165) is 42.0 Å². The number of methoxy groups -OCH3 is 1. The molecule has 9 aromatic rings. The van der Waals surface area contributed by atoms with Gasteiger partial charge in [-0.05, 0) is 118 Å². The minimum atomic E-state index is -4.43. The summed E-state index contributed by atoms with van der Waals surface area (Å²) in [6, 6.07) is 24.4. The van der Waals surface area contributed by atoms with Crippen molar-refractivity contribution in [3.63, 3.8) is 0 Å². The van der Waals surface area contributed by atoms with Crippen LogP contribution in [0.2, 0.25) is 0 Å². The third-order valence-electron chi connectivity index (χ3n) is 16.5. The number of nitrogens with zero attached hydrogens (tertiary/aromatic N) is 12. The Hall–Kier alpha value is -9.88. The van der Waals surface area contributed by atoms with Gasteiger partial charge in [-0.2, -0.15) is 66.9 Å². The van der Waals surface area contributed by atoms with Crippen molar-refractivity contribution in [2.24, 2.45) is 5.73 Å². The maximum Gasteiger partial charge on any atom is 0.416 e. The van der Waals surface area contributed by atoms with E-state index in [1.54, 1.807) is 96.2 Å². The van der Waals surface area contributed by atoms with Crippen LogP contribution in [0.5, 0.6) is 0 Å². The first-order chi connectivity index (χ1) is 47.7. The minimum absolute atomic E-state index is 0. The number of benzene rings is 3. The van der Waals surface area contributed by atoms with E-state index in [1.807, 2.05) is 22.8 Å². The number of aromatic carboxylic acids is 2. The van der Waals surface area contributed by atoms with Crippen LogP contribution in [0, 0.1) is 34.4 Å². The van der Waals surface area contributed by atoms with Crippen LogP contribution >= 0.6 is 12.4 Å². The monoisotopic (exact) mass is 1580 g/mol. The van der Waals surface area contributed by atoms with Crippen LogP contribution < -0.4 is 31.1 Å². The number of alkyl halides is 9. The van der Waals surface area contributed by atoms with E-state index in [2.05, 4.69) is 51.8 Å². The Morgan fingerprint density at radius 3 is 1.18 bits per heavy atom. The van der Waals surface area contributed by atoms with E-state index in [-0.39, 0.29) is 108 Å². The van der Waals surface area contributed by atoms with E-state index in [0.29, 0.717) is 113 Å². The number of nitrogens with one attached hydrogen (secondary N) is 2. The summed E-state index contributed by atoms with van der Waals surface area (Å²) < 4.78 is 127. The molecular weight excluding hydrogens is 1500 g/mol. The predicted molar refractivity (Wildman–Crippen MR) is 363 cm³/mol. The van der Waals surface area contributed by atoms with Crippen LogP contribution in [-0.2, 0) is 96.1 Å². The predicted octanol–water partition coefficient (Wildman–Crippen LogP) is 12.4. The zero-order chi connectivity index (χ0) is 73.4. The molecule has 23 nitrogen and oxygen atoms in total. The van der Waals surface area contributed by atoms with Crippen molar-refractivity contribution >= 4 is 59.6 Å². The topological polar surface area (TPSA) is 287 Å². The number of ether oxygens (including phenoxy) is 1. The summed E-state index contributed by atoms with van der Waals surface area (Å²) >= 11 is 0. The molecule has 0 saturated heterocycles. The Balaban J connectivity index is 0.000000266. The van der Waals surface area contributed by atoms with Gasteiger partial charge in [0.15, 0.2) is 0 Å². The fourth-order valence-electron chi connectivity index (χ4n) is 11.5. The third kappa shape index (κ3) is 21.0. The zero-order valence-corrected chi connectivity index (χ0v) is 60.4. The first kappa shape index (κ1) is 85.8. The Bertz CT molecular complexity index is 4490. The molecule has 12 rings (SSSR count). The SMILES string of the molecule is COC(=O)c1ccc([C@H](C)NC(=O)c2c(C)nn3c2N(Cc2cccc(C(F)(F)F)c2)CC3)cn1.C[C@H](N)c1cc[c-]nc1.Cc1nn2c(c1C(=O)N[C@@H](C)c1ccc(C(=O)O)nc1)N(Cc1cccc(C(F)(F)F)c1)CC2.Cc1nn2c(c1C(=O)O)N(Cc1cccc(C(F)(F)F)c1)CC2.Cl.[CH3-].[Co].[Co]. The number of aromatic nitrogens is 9. The van der Waals surface area contributed by atoms with Crippen LogP contribution in [0.4, 0.5) is 57.0 Å². The molecule has 0 fully saturated rings. The summed E-state index contributed by atoms with van der Waals surface area (Å²) in [5.74, 6) is -1.95. The molecule has 0 bridgehead atoms. The van der Waals surface area contributed by atoms with E-state index >= 15 is 0 Å². The average Bonchev–Trinajstić information content (AvgIpc) is 1.64. The summed E-state index contributed by atoms with van der Waals surface area (Å²) in [6.07, 6.45) is -5.96. The first-order valence-electron chi connectivity index (χ1n) is 31.3. The number of halogens is 10. The smallest absolute Gasteiger partial charge is 0.416 e. The van der Waals surface area contributed by atoms with Crippen molar-refractivity contribution in [1.82, 2.24) is 54.9 Å². The average molecular weight is 1580 g/mol. The van der Waals surface area contributed by atoms with E-state index in [1.165, 1.54) is 49.8 Å². The molecule has 566 valence electrons. The number of carbonyl (C=O) groups excluding carboxylic acids is 3. The van der Waals surface area contributed by atoms with Crippen LogP contribution in [0.3, 0.4) is 0 Å². The summed E-state index contributed by atoms with van der Waals surface area (Å²) in [5, 5.41) is 37.2. The number of fused-ring (bicyclic) bond motifs is 3. The standard InChI is InChI=1S/C24H24F3N5O3.C23H22F3N5O3.C15H14F3N3O2.C7H9N2.CH3.ClH.2Co/c1-14(17-7-8-19(28-12-17)23(34)35-3)29-21(33)20-15(2)30-32-10-9-31(22(20)32)13-16-5-4-6-18(11-16)24(25,26)27;1-13(16-6-7-18(22(33)34)27-11-16)28-20(32)19-14(2)29-31-9-8-30(21(19)31)12-15-4-3-5-17(10-15)23(24,25)26;1-9-12(14(22)23)13-20(5-6-21(13)19-9)8-10-3-2-4-11(7-10)15(16,17)18;1-6(8)7-3-2-4-9-5-7;;;;/h4-8,11-12,14H,9-10,13H2,1-3H3,(H,29,33);3-7,10-11,13H,8-9,12H2,1-2H3,(H,28,32)(H,33,34);2-4,7H,5-6,8H2,1H3,(H,22,23);2-3,5-6H,8H2,1H3;1H3;1H;;/q;;;2*-1;;;/t14-;13-;;6-;;;;/m00.0..../s1. The molecule has 0 spiro atoms. The zero-order valence-electron chi connectivity index (χ0n) is 57.5. The third-order valence-corrected chi connectivity index (χ3v) is 16.5. The number of esters is 1. The molecule has 9 heterocycles. The number of aryl methyl sites for hydroxylation is 3. The number of carboxylic acid groups (broad SMARTS) is 2. The van der Waals surface area contributed by atoms with Gasteiger partial charge < -0.3 is 58.4 Å². The molecule has 2 radical (unpaired) electrons. The second kappa shape index (κ2) is 36.2. The number of carboxylic acids is 2. The number of carbonyl (C=O) groups is 5. The molecule has 0 aliphatic carbocycles. The van der Waals surface area contributed by atoms with Crippen LogP contribution in [0.25, 0.3) is 0 Å². The van der Waals surface area contributed by atoms with Gasteiger partial charge >= 0.3 is 36.4 Å². The fraction of sp³-hybridized carbons (Fsp3) is 0.314. The number of nitrogens with two attached hydrogens (primary N) is 1. The molecular formula is C70H73ClCo2F9N15O8-2. The van der Waals surface area contributed by atoms with Gasteiger partial charge in [-0.3, -0.25) is 9.59 Å². The Kier molecular flexibility index (Phi) is 29.6. The molecule has 105 heavy (non-hydrogen) atoms. The molecule has 6 N–H and O–H groups in total. The number of hydrogen-bond donors (Lipinski definition) is 5. The van der Waals surface area contributed by atoms with Crippen molar-refractivity contribution in [2.45, 2.75) is 117 Å². The largest absolute Gasteiger partial charge is 0.477 e. The summed E-state index contributed by atoms with van der Waals surface area (Å²) in [6.45, 7) is 14.2. The molecule has 3 atom stereocenters. The quantitative estimate of drug-likeness (QED) is 0.0341. The number of amides is 2. The summed E-state index contributed by atoms with van der Waals surface area (Å²) in [7, 11) is 1.27. The van der Waals surface area contributed by atoms with Gasteiger partial charge in [-0.1, -0.05) is 60.9 Å². The fourth-order valence-corrected chi connectivity index (χ4v) is 11.5. The van der Waals surface area contributed by atoms with Crippen LogP contribution in [0.1, 0.15) is 158 Å². The van der Waals surface area contributed by atoms with Crippen molar-refractivity contribution in [2.75, 3.05) is 41.4 Å². The molecule has 2 amide bonds. The van der Waals surface area contributed by atoms with Crippen molar-refractivity contribution < 1.29 is 112 Å². The first-order valence-corrected chi connectivity index (χ1v) is 31.3. The summed E-state index contributed by atoms with van der Waals surface area (Å²) in [5.41, 5.74) is 9.56. The molecule has 35 heteroatoms. The van der Waals surface area contributed by atoms with Gasteiger partial charge in [0.1, 0.15) is 45.5 Å². The normalized spacial score (nSPS) is 13.4. The Labute approximate surface area is 624 Å². The number of hydrogen-bond acceptors (Lipinski definition) is 16. The van der Waals surface area contributed by atoms with E-state index in [9.17, 15) is 68.6 Å². The van der Waals surface area contributed by atoms with Gasteiger partial charge in [0.25, 0.3) is 11.8 Å². The molecule has 3 aliphatic heterocycles. The molecule has 3 aromatic carbocycles. The van der Waals surface area contributed by atoms with Gasteiger partial charge in [-0.25, -0.2) is 38.4 Å². The molecule has 0 saturated carbocycles. The van der Waals surface area contributed by atoms with Gasteiger partial charge in [0.05, 0.1) is 72.6 Å². The van der Waals surface area contributed by atoms with Gasteiger partial charge in [0.2, 0.25) is 0 Å². The Morgan fingerprint density at radius 1 is 0.524 bits per heavy atom. The van der Waals surface area contributed by atoms with E-state index < -0.39 is 65.2 Å². The van der Waals surface area contributed by atoms with Crippen molar-refractivity contribution in [1.29, 1.82) is 0 Å². The number of rotatable bonds is 16. The van der Waals surface area contributed by atoms with E-state index in [4.69, 9.17) is 10.8 Å². The maximum absolute atomic E-state index is 13.2. The van der Waals surface area contributed by atoms with Gasteiger partial charge in [-0.15, -0.1) is 18.0 Å². The minimum Gasteiger partial charge on any atom is -0.477 e. The second-order valence-electron chi connectivity index (χ2n) is 23.8. The molecule has 3 aliphatic rings. The number of pyridine rings is 3. The second-order valence-corrected chi connectivity index (χ2v) is 23.8. The maximum atomic E-state index is 13.2. The van der Waals surface area contributed by atoms with Gasteiger partial charge in [0, 0.05) is 91.3 Å². The van der Waals surface area contributed by atoms with Crippen molar-refractivity contribution in [3.05, 3.63) is 237 Å². The summed E-state index contributed by atoms with van der Waals surface area (Å²) in [4.78, 5) is 77.6.